The minimum Gasteiger partial charge on any atom is -0.661 e. The Morgan fingerprint density at radius 1 is 0.338 bits per heavy atom. The summed E-state index contributed by atoms with van der Waals surface area (Å²) < 4.78 is 0. The number of benzene rings is 5. The number of para-hydroxylation sites is 4. The van der Waals surface area contributed by atoms with Crippen LogP contribution in [-0.2, 0) is 37.1 Å². The Kier molecular flexibility index (Phi) is 28.5. The maximum atomic E-state index is 5.08. The molecular formula is C65H90N4V2-2. The molecule has 5 aromatic rings. The van der Waals surface area contributed by atoms with E-state index in [4.69, 9.17) is 20.6 Å². The Bertz CT molecular complexity index is 2250. The molecule has 0 N–H and O–H groups in total. The van der Waals surface area contributed by atoms with Crippen LogP contribution in [0.3, 0.4) is 0 Å². The molecule has 5 rings (SSSR count). The summed E-state index contributed by atoms with van der Waals surface area (Å²) in [6, 6.07) is 36.5. The summed E-state index contributed by atoms with van der Waals surface area (Å²) in [5, 5.41) is 10.2. The third-order valence-corrected chi connectivity index (χ3v) is 12.3. The first-order valence-electron chi connectivity index (χ1n) is 25.9. The fourth-order valence-corrected chi connectivity index (χ4v) is 8.54. The number of aryl methyl sites for hydroxylation is 1. The van der Waals surface area contributed by atoms with Crippen LogP contribution < -0.4 is 0 Å². The van der Waals surface area contributed by atoms with Gasteiger partial charge in [0.1, 0.15) is 0 Å². The van der Waals surface area contributed by atoms with Gasteiger partial charge in [0.25, 0.3) is 0 Å². The second-order valence-corrected chi connectivity index (χ2v) is 21.3. The SMILES string of the molecule is CC(/C=C(/C)[N-]c1c(C(C)C)cccc1C(C)C)=Nc1c(C(C)C)cccc1C(C)C.CC(/C=C(/C)[N-]c1c(C(C)C)cccc1C(C)C)=Nc1c(C(C)C)cccc1C(C)C.Cc1ccccc1.[V].[V]. The van der Waals surface area contributed by atoms with Gasteiger partial charge in [0.2, 0.25) is 0 Å². The van der Waals surface area contributed by atoms with Crippen molar-refractivity contribution in [1.82, 2.24) is 0 Å². The second-order valence-electron chi connectivity index (χ2n) is 21.3. The van der Waals surface area contributed by atoms with Crippen molar-refractivity contribution in [2.24, 2.45) is 9.98 Å². The van der Waals surface area contributed by atoms with Gasteiger partial charge in [-0.1, -0.05) is 268 Å². The molecule has 5 aromatic carbocycles. The molecule has 0 saturated heterocycles. The Morgan fingerprint density at radius 3 is 0.761 bits per heavy atom. The molecule has 0 aliphatic heterocycles. The van der Waals surface area contributed by atoms with E-state index >= 15 is 0 Å². The van der Waals surface area contributed by atoms with Crippen molar-refractivity contribution in [2.45, 2.75) is 193 Å². The van der Waals surface area contributed by atoms with Gasteiger partial charge in [0.15, 0.2) is 0 Å². The molecule has 0 aliphatic rings. The van der Waals surface area contributed by atoms with Crippen molar-refractivity contribution in [1.29, 1.82) is 0 Å². The average Bonchev–Trinajstić information content (AvgIpc) is 3.26. The van der Waals surface area contributed by atoms with E-state index in [2.05, 4.69) is 242 Å². The van der Waals surface area contributed by atoms with Crippen LogP contribution in [0.2, 0.25) is 0 Å². The van der Waals surface area contributed by atoms with Gasteiger partial charge in [0.05, 0.1) is 11.4 Å². The van der Waals surface area contributed by atoms with Crippen molar-refractivity contribution < 1.29 is 37.1 Å². The predicted molar refractivity (Wildman–Crippen MR) is 309 cm³/mol. The molecule has 0 atom stereocenters. The summed E-state index contributed by atoms with van der Waals surface area (Å²) in [4.78, 5) is 10.2. The Morgan fingerprint density at radius 2 is 0.563 bits per heavy atom. The van der Waals surface area contributed by atoms with Gasteiger partial charge < -0.3 is 10.6 Å². The molecule has 0 aliphatic carbocycles. The number of allylic oxidation sites excluding steroid dienone is 4. The van der Waals surface area contributed by atoms with E-state index in [0.29, 0.717) is 47.3 Å². The van der Waals surface area contributed by atoms with E-state index in [1.54, 1.807) is 0 Å². The smallest absolute Gasteiger partial charge is 0.0701 e. The van der Waals surface area contributed by atoms with Crippen molar-refractivity contribution >= 4 is 34.2 Å². The first kappa shape index (κ1) is 64.7. The van der Waals surface area contributed by atoms with Gasteiger partial charge in [-0.2, -0.15) is 11.4 Å². The van der Waals surface area contributed by atoms with E-state index in [9.17, 15) is 0 Å². The third kappa shape index (κ3) is 19.9. The van der Waals surface area contributed by atoms with Gasteiger partial charge in [0, 0.05) is 48.5 Å². The van der Waals surface area contributed by atoms with Gasteiger partial charge >= 0.3 is 0 Å². The van der Waals surface area contributed by atoms with E-state index in [0.717, 1.165) is 45.6 Å². The van der Waals surface area contributed by atoms with Crippen LogP contribution in [0.1, 0.15) is 236 Å². The van der Waals surface area contributed by atoms with Crippen LogP contribution in [-0.4, -0.2) is 11.4 Å². The standard InChI is InChI=1S/2C29H41N2.C7H8.2V/c2*1-18(2)24-13-11-14-25(19(3)4)28(24)30-22(9)17-23(10)31-29-26(20(5)6)15-12-16-27(29)21(7)8;1-7-5-3-2-4-6-7;;/h2*11-21H,1-10H3;2-6H,1H3;;/q2*-1;;;/b2*22-17-,31-23?;;;. The molecule has 0 fully saturated rings. The molecule has 0 spiro atoms. The quantitative estimate of drug-likeness (QED) is 0.0885. The van der Waals surface area contributed by atoms with Gasteiger partial charge in [-0.3, -0.25) is 9.98 Å². The Hall–Kier alpha value is -4.31. The van der Waals surface area contributed by atoms with Crippen LogP contribution >= 0.6 is 0 Å². The molecule has 0 saturated carbocycles. The Labute approximate surface area is 458 Å². The third-order valence-electron chi connectivity index (χ3n) is 12.3. The second kappa shape index (κ2) is 31.3. The normalized spacial score (nSPS) is 12.3. The summed E-state index contributed by atoms with van der Waals surface area (Å²) in [5.74, 6) is 3.49. The van der Waals surface area contributed by atoms with Crippen LogP contribution in [0, 0.1) is 6.92 Å². The van der Waals surface area contributed by atoms with Gasteiger partial charge in [-0.15, -0.1) is 11.4 Å². The van der Waals surface area contributed by atoms with Crippen molar-refractivity contribution in [3.8, 4) is 0 Å². The zero-order valence-corrected chi connectivity index (χ0v) is 50.6. The van der Waals surface area contributed by atoms with Crippen molar-refractivity contribution in [3.63, 3.8) is 0 Å². The van der Waals surface area contributed by atoms with E-state index in [-0.39, 0.29) is 37.1 Å². The summed E-state index contributed by atoms with van der Waals surface area (Å²) in [7, 11) is 0. The molecular weight excluding hydrogens is 939 g/mol. The molecule has 0 amide bonds. The van der Waals surface area contributed by atoms with E-state index in [1.807, 2.05) is 18.2 Å². The van der Waals surface area contributed by atoms with E-state index in [1.165, 1.54) is 50.1 Å². The number of hydrogen-bond acceptors (Lipinski definition) is 2. The molecule has 6 heteroatoms. The summed E-state index contributed by atoms with van der Waals surface area (Å²) in [6.45, 7) is 46.2. The first-order valence-corrected chi connectivity index (χ1v) is 25.9. The first-order chi connectivity index (χ1) is 32.4. The van der Waals surface area contributed by atoms with Crippen LogP contribution in [0.15, 0.2) is 137 Å². The largest absolute Gasteiger partial charge is 0.661 e. The van der Waals surface area contributed by atoms with Crippen LogP contribution in [0.4, 0.5) is 22.7 Å². The molecule has 0 aromatic heterocycles. The maximum Gasteiger partial charge on any atom is 0.0701 e. The molecule has 0 heterocycles. The average molecular weight is 1030 g/mol. The van der Waals surface area contributed by atoms with E-state index < -0.39 is 0 Å². The summed E-state index contributed by atoms with van der Waals surface area (Å²) in [6.07, 6.45) is 4.23. The summed E-state index contributed by atoms with van der Waals surface area (Å²) >= 11 is 0. The van der Waals surface area contributed by atoms with Gasteiger partial charge in [-0.25, -0.2) is 0 Å². The van der Waals surface area contributed by atoms with Crippen molar-refractivity contribution in [2.75, 3.05) is 0 Å². The van der Waals surface area contributed by atoms with Crippen LogP contribution in [0.25, 0.3) is 10.6 Å². The fraction of sp³-hybridized carbons (Fsp3) is 0.446. The molecule has 0 unspecified atom stereocenters. The maximum absolute atomic E-state index is 5.08. The molecule has 4 nitrogen and oxygen atoms in total. The zero-order valence-electron chi connectivity index (χ0n) is 47.8. The monoisotopic (exact) mass is 1030 g/mol. The topological polar surface area (TPSA) is 52.9 Å². The molecule has 2 radical (unpaired) electrons. The zero-order chi connectivity index (χ0) is 51.7. The molecule has 0 bridgehead atoms. The van der Waals surface area contributed by atoms with Gasteiger partial charge in [-0.05, 0) is 90.4 Å². The predicted octanol–water partition coefficient (Wildman–Crippen LogP) is 21.8. The summed E-state index contributed by atoms with van der Waals surface area (Å²) in [5.41, 5.74) is 20.2. The minimum absolute atomic E-state index is 0. The van der Waals surface area contributed by atoms with Crippen molar-refractivity contribution in [3.05, 3.63) is 187 Å². The Balaban J connectivity index is 0.000000607. The number of nitrogens with zero attached hydrogens (tertiary/aromatic N) is 4. The molecule has 382 valence electrons. The number of aliphatic imine (C=N–C) groups is 2. The number of hydrogen-bond donors (Lipinski definition) is 0. The molecule has 71 heavy (non-hydrogen) atoms. The van der Waals surface area contributed by atoms with Crippen LogP contribution in [0.5, 0.6) is 0 Å². The number of rotatable bonds is 16. The minimum atomic E-state index is 0. The fourth-order valence-electron chi connectivity index (χ4n) is 8.54.